The highest BCUT2D eigenvalue weighted by atomic mass is 32.2. The number of sulfonamides is 1. The standard InChI is InChI=1S/C16H25N3O3S/c1-4-19(23(21,22)5-2)15-8-6-14(7-9-15)16(20)18-12-10-17(3)11-13-18/h6-9H,4-5,10-13H2,1-3H3. The number of rotatable bonds is 5. The largest absolute Gasteiger partial charge is 0.336 e. The molecule has 0 aromatic heterocycles. The predicted molar refractivity (Wildman–Crippen MR) is 92.3 cm³/mol. The fourth-order valence-electron chi connectivity index (χ4n) is 2.66. The molecule has 0 unspecified atom stereocenters. The molecular formula is C16H25N3O3S. The van der Waals surface area contributed by atoms with E-state index in [4.69, 9.17) is 0 Å². The molecule has 6 nitrogen and oxygen atoms in total. The zero-order valence-electron chi connectivity index (χ0n) is 14.0. The topological polar surface area (TPSA) is 60.9 Å². The quantitative estimate of drug-likeness (QED) is 0.810. The zero-order valence-corrected chi connectivity index (χ0v) is 14.8. The van der Waals surface area contributed by atoms with Crippen molar-refractivity contribution in [1.82, 2.24) is 9.80 Å². The third-order valence-corrected chi connectivity index (χ3v) is 6.05. The van der Waals surface area contributed by atoms with Crippen LogP contribution in [0.5, 0.6) is 0 Å². The van der Waals surface area contributed by atoms with Gasteiger partial charge in [0.1, 0.15) is 0 Å². The van der Waals surface area contributed by atoms with Crippen LogP contribution in [0.15, 0.2) is 24.3 Å². The SMILES string of the molecule is CCN(c1ccc(C(=O)N2CCN(C)CC2)cc1)S(=O)(=O)CC. The maximum Gasteiger partial charge on any atom is 0.253 e. The Labute approximate surface area is 138 Å². The van der Waals surface area contributed by atoms with Gasteiger partial charge in [0, 0.05) is 38.3 Å². The monoisotopic (exact) mass is 339 g/mol. The van der Waals surface area contributed by atoms with E-state index in [0.717, 1.165) is 26.2 Å². The van der Waals surface area contributed by atoms with E-state index in [0.29, 0.717) is 17.8 Å². The molecule has 0 radical (unpaired) electrons. The number of likely N-dealkylation sites (N-methyl/N-ethyl adjacent to an activating group) is 1. The van der Waals surface area contributed by atoms with Crippen LogP contribution < -0.4 is 4.31 Å². The van der Waals surface area contributed by atoms with Gasteiger partial charge in [-0.25, -0.2) is 8.42 Å². The average molecular weight is 339 g/mol. The fourth-order valence-corrected chi connectivity index (χ4v) is 3.81. The molecule has 0 aliphatic carbocycles. The molecule has 128 valence electrons. The number of carbonyl (C=O) groups is 1. The van der Waals surface area contributed by atoms with Gasteiger partial charge in [-0.05, 0) is 45.2 Å². The Balaban J connectivity index is 2.14. The van der Waals surface area contributed by atoms with Crippen LogP contribution in [0.4, 0.5) is 5.69 Å². The third kappa shape index (κ3) is 4.03. The van der Waals surface area contributed by atoms with Gasteiger partial charge in [0.25, 0.3) is 5.91 Å². The normalized spacial score (nSPS) is 16.4. The van der Waals surface area contributed by atoms with Crippen molar-refractivity contribution in [1.29, 1.82) is 0 Å². The summed E-state index contributed by atoms with van der Waals surface area (Å²) in [5, 5.41) is 0. The van der Waals surface area contributed by atoms with Crippen molar-refractivity contribution in [3.63, 3.8) is 0 Å². The minimum absolute atomic E-state index is 0.00560. The maximum atomic E-state index is 12.5. The Morgan fingerprint density at radius 3 is 2.13 bits per heavy atom. The Kier molecular flexibility index (Phi) is 5.64. The minimum Gasteiger partial charge on any atom is -0.336 e. The lowest BCUT2D eigenvalue weighted by Gasteiger charge is -2.32. The number of carbonyl (C=O) groups excluding carboxylic acids is 1. The van der Waals surface area contributed by atoms with E-state index in [-0.39, 0.29) is 11.7 Å². The second-order valence-corrected chi connectivity index (χ2v) is 7.89. The van der Waals surface area contributed by atoms with Gasteiger partial charge < -0.3 is 9.80 Å². The summed E-state index contributed by atoms with van der Waals surface area (Å²) in [6.07, 6.45) is 0. The number of anilines is 1. The van der Waals surface area contributed by atoms with Gasteiger partial charge in [0.2, 0.25) is 10.0 Å². The third-order valence-electron chi connectivity index (χ3n) is 4.18. The van der Waals surface area contributed by atoms with Crippen LogP contribution in [0.25, 0.3) is 0 Å². The van der Waals surface area contributed by atoms with E-state index >= 15 is 0 Å². The van der Waals surface area contributed by atoms with Gasteiger partial charge in [0.15, 0.2) is 0 Å². The van der Waals surface area contributed by atoms with Gasteiger partial charge in [-0.1, -0.05) is 0 Å². The van der Waals surface area contributed by atoms with Crippen LogP contribution in [0.1, 0.15) is 24.2 Å². The zero-order chi connectivity index (χ0) is 17.0. The second kappa shape index (κ2) is 7.31. The summed E-state index contributed by atoms with van der Waals surface area (Å²) in [6.45, 7) is 7.01. The molecule has 1 amide bonds. The van der Waals surface area contributed by atoms with E-state index in [1.807, 2.05) is 11.9 Å². The van der Waals surface area contributed by atoms with Crippen LogP contribution in [0.3, 0.4) is 0 Å². The summed E-state index contributed by atoms with van der Waals surface area (Å²) in [7, 11) is -1.24. The molecular weight excluding hydrogens is 314 g/mol. The summed E-state index contributed by atoms with van der Waals surface area (Å²) in [4.78, 5) is 16.5. The van der Waals surface area contributed by atoms with Crippen molar-refractivity contribution in [2.45, 2.75) is 13.8 Å². The molecule has 7 heteroatoms. The smallest absolute Gasteiger partial charge is 0.253 e. The first-order valence-corrected chi connectivity index (χ1v) is 9.58. The highest BCUT2D eigenvalue weighted by Gasteiger charge is 2.22. The van der Waals surface area contributed by atoms with Crippen LogP contribution >= 0.6 is 0 Å². The first-order chi connectivity index (χ1) is 10.9. The van der Waals surface area contributed by atoms with E-state index in [1.165, 1.54) is 4.31 Å². The minimum atomic E-state index is -3.29. The molecule has 1 aliphatic heterocycles. The van der Waals surface area contributed by atoms with Gasteiger partial charge in [-0.2, -0.15) is 0 Å². The number of benzene rings is 1. The molecule has 1 fully saturated rings. The van der Waals surface area contributed by atoms with E-state index in [1.54, 1.807) is 38.1 Å². The molecule has 0 N–H and O–H groups in total. The molecule has 1 heterocycles. The summed E-state index contributed by atoms with van der Waals surface area (Å²) in [5.41, 5.74) is 1.20. The summed E-state index contributed by atoms with van der Waals surface area (Å²) < 4.78 is 25.5. The van der Waals surface area contributed by atoms with Crippen LogP contribution in [-0.2, 0) is 10.0 Å². The van der Waals surface area contributed by atoms with Crippen molar-refractivity contribution in [2.24, 2.45) is 0 Å². The Morgan fingerprint density at radius 1 is 1.09 bits per heavy atom. The molecule has 0 bridgehead atoms. The highest BCUT2D eigenvalue weighted by molar-refractivity contribution is 7.92. The number of nitrogens with zero attached hydrogens (tertiary/aromatic N) is 3. The van der Waals surface area contributed by atoms with Crippen molar-refractivity contribution >= 4 is 21.6 Å². The molecule has 23 heavy (non-hydrogen) atoms. The Morgan fingerprint density at radius 2 is 1.65 bits per heavy atom. The van der Waals surface area contributed by atoms with Gasteiger partial charge in [-0.3, -0.25) is 9.10 Å². The molecule has 1 aromatic rings. The Hall–Kier alpha value is -1.60. The summed E-state index contributed by atoms with van der Waals surface area (Å²) >= 11 is 0. The Bertz CT molecular complexity index is 635. The van der Waals surface area contributed by atoms with Crippen molar-refractivity contribution in [2.75, 3.05) is 49.8 Å². The second-order valence-electron chi connectivity index (χ2n) is 5.71. The van der Waals surface area contributed by atoms with E-state index in [2.05, 4.69) is 4.90 Å². The molecule has 0 spiro atoms. The molecule has 1 aliphatic rings. The number of hydrogen-bond acceptors (Lipinski definition) is 4. The van der Waals surface area contributed by atoms with Crippen LogP contribution in [-0.4, -0.2) is 69.6 Å². The number of piperazine rings is 1. The molecule has 1 saturated heterocycles. The molecule has 2 rings (SSSR count). The van der Waals surface area contributed by atoms with Crippen LogP contribution in [0.2, 0.25) is 0 Å². The molecule has 1 aromatic carbocycles. The highest BCUT2D eigenvalue weighted by Crippen LogP contribution is 2.20. The fraction of sp³-hybridized carbons (Fsp3) is 0.562. The first-order valence-electron chi connectivity index (χ1n) is 7.97. The van der Waals surface area contributed by atoms with Gasteiger partial charge in [-0.15, -0.1) is 0 Å². The van der Waals surface area contributed by atoms with E-state index in [9.17, 15) is 13.2 Å². The lowest BCUT2D eigenvalue weighted by Crippen LogP contribution is -2.47. The lowest BCUT2D eigenvalue weighted by atomic mass is 10.1. The molecule has 0 saturated carbocycles. The predicted octanol–water partition coefficient (Wildman–Crippen LogP) is 1.25. The molecule has 0 atom stereocenters. The summed E-state index contributed by atoms with van der Waals surface area (Å²) in [6, 6.07) is 6.84. The first kappa shape index (κ1) is 17.7. The van der Waals surface area contributed by atoms with Crippen molar-refractivity contribution in [3.8, 4) is 0 Å². The lowest BCUT2D eigenvalue weighted by molar-refractivity contribution is 0.0664. The van der Waals surface area contributed by atoms with E-state index < -0.39 is 10.0 Å². The number of hydrogen-bond donors (Lipinski definition) is 0. The summed E-state index contributed by atoms with van der Waals surface area (Å²) in [5.74, 6) is 0.0639. The van der Waals surface area contributed by atoms with Crippen molar-refractivity contribution < 1.29 is 13.2 Å². The van der Waals surface area contributed by atoms with Crippen LogP contribution in [0, 0.1) is 0 Å². The van der Waals surface area contributed by atoms with Gasteiger partial charge >= 0.3 is 0 Å². The van der Waals surface area contributed by atoms with Gasteiger partial charge in [0.05, 0.1) is 11.4 Å². The maximum absolute atomic E-state index is 12.5. The van der Waals surface area contributed by atoms with Crippen molar-refractivity contribution in [3.05, 3.63) is 29.8 Å². The average Bonchev–Trinajstić information content (AvgIpc) is 2.56. The number of amides is 1.